The molecule has 130 valence electrons. The molecule has 1 heterocycles. The van der Waals surface area contributed by atoms with Gasteiger partial charge in [-0.25, -0.2) is 9.37 Å². The zero-order valence-electron chi connectivity index (χ0n) is 14.4. The van der Waals surface area contributed by atoms with Crippen LogP contribution in [0.3, 0.4) is 0 Å². The van der Waals surface area contributed by atoms with Crippen molar-refractivity contribution in [1.29, 1.82) is 0 Å². The summed E-state index contributed by atoms with van der Waals surface area (Å²) in [5, 5.41) is 7.26. The van der Waals surface area contributed by atoms with Crippen molar-refractivity contribution in [3.8, 4) is 5.75 Å². The van der Waals surface area contributed by atoms with E-state index in [4.69, 9.17) is 4.74 Å². The molecule has 0 saturated heterocycles. The molecule has 1 atom stereocenters. The summed E-state index contributed by atoms with van der Waals surface area (Å²) >= 11 is 0. The lowest BCUT2D eigenvalue weighted by molar-refractivity contribution is 0.212. The third-order valence-electron chi connectivity index (χ3n) is 3.47. The average Bonchev–Trinajstić information content (AvgIpc) is 2.95. The zero-order valence-corrected chi connectivity index (χ0v) is 14.4. The lowest BCUT2D eigenvalue weighted by Crippen LogP contribution is -2.42. The lowest BCUT2D eigenvalue weighted by Gasteiger charge is -2.23. The average molecular weight is 334 g/mol. The first-order valence-corrected chi connectivity index (χ1v) is 7.67. The molecular weight excluding hydrogens is 311 g/mol. The van der Waals surface area contributed by atoms with Gasteiger partial charge in [0.15, 0.2) is 17.5 Å². The van der Waals surface area contributed by atoms with Crippen LogP contribution >= 0.6 is 0 Å². The Morgan fingerprint density at radius 3 is 2.83 bits per heavy atom. The third kappa shape index (κ3) is 4.68. The van der Waals surface area contributed by atoms with Gasteiger partial charge in [-0.2, -0.15) is 5.10 Å². The maximum absolute atomic E-state index is 13.6. The van der Waals surface area contributed by atoms with Crippen LogP contribution in [-0.4, -0.2) is 52.4 Å². The van der Waals surface area contributed by atoms with Gasteiger partial charge < -0.3 is 15.0 Å². The molecule has 7 nitrogen and oxygen atoms in total. The second kappa shape index (κ2) is 8.28. The van der Waals surface area contributed by atoms with Gasteiger partial charge in [0.25, 0.3) is 0 Å². The molecular formula is C16H23FN6O. The number of hydrogen-bond donors (Lipinski definition) is 1. The number of aromatic nitrogens is 3. The standard InChI is InChI=1S/C16H23FN6O/c1-12(24-14-8-6-5-7-13(14)17)9-19-16(18-2)22(3)10-15-20-11-21-23(15)4/h5-8,11-12H,9-10H2,1-4H3,(H,18,19). The van der Waals surface area contributed by atoms with Crippen molar-refractivity contribution in [2.45, 2.75) is 19.6 Å². The van der Waals surface area contributed by atoms with E-state index >= 15 is 0 Å². The number of hydrogen-bond acceptors (Lipinski definition) is 4. The minimum absolute atomic E-state index is 0.220. The maximum Gasteiger partial charge on any atom is 0.193 e. The SMILES string of the molecule is CN=C(NCC(C)Oc1ccccc1F)N(C)Cc1ncnn1C. The molecule has 8 heteroatoms. The molecule has 0 aliphatic heterocycles. The normalized spacial score (nSPS) is 12.8. The number of para-hydroxylation sites is 1. The number of guanidine groups is 1. The van der Waals surface area contributed by atoms with Crippen LogP contribution in [0.25, 0.3) is 0 Å². The van der Waals surface area contributed by atoms with E-state index < -0.39 is 0 Å². The first kappa shape index (κ1) is 17.7. The summed E-state index contributed by atoms with van der Waals surface area (Å²) in [7, 11) is 5.46. The fourth-order valence-corrected chi connectivity index (χ4v) is 2.17. The summed E-state index contributed by atoms with van der Waals surface area (Å²) in [6.07, 6.45) is 1.30. The van der Waals surface area contributed by atoms with E-state index in [1.54, 1.807) is 29.9 Å². The summed E-state index contributed by atoms with van der Waals surface area (Å²) in [4.78, 5) is 10.4. The Labute approximate surface area is 141 Å². The molecule has 1 unspecified atom stereocenters. The van der Waals surface area contributed by atoms with E-state index in [1.165, 1.54) is 12.4 Å². The van der Waals surface area contributed by atoms with E-state index in [9.17, 15) is 4.39 Å². The van der Waals surface area contributed by atoms with Crippen molar-refractivity contribution in [3.63, 3.8) is 0 Å². The second-order valence-electron chi connectivity index (χ2n) is 5.44. The molecule has 24 heavy (non-hydrogen) atoms. The van der Waals surface area contributed by atoms with Gasteiger partial charge >= 0.3 is 0 Å². The van der Waals surface area contributed by atoms with Crippen LogP contribution in [0.1, 0.15) is 12.7 Å². The van der Waals surface area contributed by atoms with Crippen LogP contribution in [0.2, 0.25) is 0 Å². The van der Waals surface area contributed by atoms with Gasteiger partial charge in [-0.05, 0) is 19.1 Å². The second-order valence-corrected chi connectivity index (χ2v) is 5.44. The molecule has 0 fully saturated rings. The number of ether oxygens (including phenoxy) is 1. The highest BCUT2D eigenvalue weighted by Crippen LogP contribution is 2.16. The minimum atomic E-state index is -0.367. The number of nitrogens with one attached hydrogen (secondary N) is 1. The van der Waals surface area contributed by atoms with E-state index in [1.807, 2.05) is 25.9 Å². The quantitative estimate of drug-likeness (QED) is 0.639. The zero-order chi connectivity index (χ0) is 17.5. The fourth-order valence-electron chi connectivity index (χ4n) is 2.17. The summed E-state index contributed by atoms with van der Waals surface area (Å²) in [6, 6.07) is 6.37. The molecule has 0 bridgehead atoms. The van der Waals surface area contributed by atoms with Crippen molar-refractivity contribution < 1.29 is 9.13 Å². The Kier molecular flexibility index (Phi) is 6.11. The molecule has 2 rings (SSSR count). The highest BCUT2D eigenvalue weighted by molar-refractivity contribution is 5.79. The van der Waals surface area contributed by atoms with Crippen molar-refractivity contribution in [1.82, 2.24) is 25.0 Å². The van der Waals surface area contributed by atoms with Crippen LogP contribution in [-0.2, 0) is 13.6 Å². The molecule has 0 aliphatic carbocycles. The van der Waals surface area contributed by atoms with Gasteiger partial charge in [-0.3, -0.25) is 9.67 Å². The topological polar surface area (TPSA) is 67.6 Å². The van der Waals surface area contributed by atoms with E-state index in [-0.39, 0.29) is 17.7 Å². The number of aryl methyl sites for hydroxylation is 1. The Hall–Kier alpha value is -2.64. The van der Waals surface area contributed by atoms with Crippen molar-refractivity contribution in [2.75, 3.05) is 20.6 Å². The van der Waals surface area contributed by atoms with Crippen LogP contribution < -0.4 is 10.1 Å². The first-order valence-electron chi connectivity index (χ1n) is 7.67. The minimum Gasteiger partial charge on any atom is -0.486 e. The smallest absolute Gasteiger partial charge is 0.193 e. The maximum atomic E-state index is 13.6. The monoisotopic (exact) mass is 334 g/mol. The van der Waals surface area contributed by atoms with Gasteiger partial charge in [0.2, 0.25) is 0 Å². The molecule has 1 aromatic heterocycles. The van der Waals surface area contributed by atoms with Gasteiger partial charge in [0, 0.05) is 21.1 Å². The molecule has 0 spiro atoms. The predicted octanol–water partition coefficient (Wildman–Crippen LogP) is 1.43. The van der Waals surface area contributed by atoms with E-state index in [0.29, 0.717) is 19.0 Å². The van der Waals surface area contributed by atoms with Crippen LogP contribution in [0.5, 0.6) is 5.75 Å². The molecule has 0 radical (unpaired) electrons. The highest BCUT2D eigenvalue weighted by atomic mass is 19.1. The Morgan fingerprint density at radius 1 is 1.46 bits per heavy atom. The van der Waals surface area contributed by atoms with E-state index in [2.05, 4.69) is 20.4 Å². The summed E-state index contributed by atoms with van der Waals surface area (Å²) in [6.45, 7) is 2.93. The molecule has 0 aliphatic rings. The van der Waals surface area contributed by atoms with Gasteiger partial charge in [-0.15, -0.1) is 0 Å². The van der Waals surface area contributed by atoms with Gasteiger partial charge in [-0.1, -0.05) is 12.1 Å². The van der Waals surface area contributed by atoms with E-state index in [0.717, 1.165) is 5.82 Å². The third-order valence-corrected chi connectivity index (χ3v) is 3.47. The molecule has 1 N–H and O–H groups in total. The molecule has 0 saturated carbocycles. The number of benzene rings is 1. The van der Waals surface area contributed by atoms with Gasteiger partial charge in [0.05, 0.1) is 13.1 Å². The predicted molar refractivity (Wildman–Crippen MR) is 90.3 cm³/mol. The molecule has 2 aromatic rings. The summed E-state index contributed by atoms with van der Waals surface area (Å²) in [5.74, 6) is 1.40. The number of aliphatic imine (C=N–C) groups is 1. The number of rotatable bonds is 6. The van der Waals surface area contributed by atoms with Gasteiger partial charge in [0.1, 0.15) is 18.3 Å². The number of halogens is 1. The molecule has 1 aromatic carbocycles. The Morgan fingerprint density at radius 2 is 2.21 bits per heavy atom. The Balaban J connectivity index is 1.86. The number of nitrogens with zero attached hydrogens (tertiary/aromatic N) is 5. The van der Waals surface area contributed by atoms with Crippen LogP contribution in [0.15, 0.2) is 35.6 Å². The van der Waals surface area contributed by atoms with Crippen LogP contribution in [0, 0.1) is 5.82 Å². The van der Waals surface area contributed by atoms with Crippen molar-refractivity contribution in [3.05, 3.63) is 42.2 Å². The highest BCUT2D eigenvalue weighted by Gasteiger charge is 2.12. The Bertz CT molecular complexity index is 687. The van der Waals surface area contributed by atoms with Crippen molar-refractivity contribution >= 4 is 5.96 Å². The van der Waals surface area contributed by atoms with Crippen LogP contribution in [0.4, 0.5) is 4.39 Å². The fraction of sp³-hybridized carbons (Fsp3) is 0.438. The first-order chi connectivity index (χ1) is 11.5. The van der Waals surface area contributed by atoms with Crippen molar-refractivity contribution in [2.24, 2.45) is 12.0 Å². The molecule has 0 amide bonds. The largest absolute Gasteiger partial charge is 0.486 e. The lowest BCUT2D eigenvalue weighted by atomic mass is 10.3. The summed E-state index contributed by atoms with van der Waals surface area (Å²) < 4.78 is 20.9. The summed E-state index contributed by atoms with van der Waals surface area (Å²) in [5.41, 5.74) is 0.